The number of hydrogen-bond donors (Lipinski definition) is 1. The van der Waals surface area contributed by atoms with Crippen LogP contribution < -0.4 is 10.2 Å². The Labute approximate surface area is 151 Å². The van der Waals surface area contributed by atoms with Gasteiger partial charge in [-0.15, -0.1) is 11.3 Å². The second-order valence-electron chi connectivity index (χ2n) is 5.62. The molecule has 1 saturated heterocycles. The van der Waals surface area contributed by atoms with Crippen LogP contribution in [0.1, 0.15) is 16.8 Å². The molecule has 0 bridgehead atoms. The van der Waals surface area contributed by atoms with Gasteiger partial charge in [-0.05, 0) is 30.7 Å². The van der Waals surface area contributed by atoms with Crippen LogP contribution in [0.2, 0.25) is 0 Å². The maximum absolute atomic E-state index is 5.52. The zero-order valence-electron chi connectivity index (χ0n) is 14.0. The smallest absolute Gasteiger partial charge is 0.203 e. The molecule has 0 unspecified atom stereocenters. The molecule has 3 rings (SSSR count). The molecule has 1 aromatic carbocycles. The Balaban J connectivity index is 1.68. The lowest BCUT2D eigenvalue weighted by molar-refractivity contribution is 0.288. The van der Waals surface area contributed by atoms with E-state index in [1.165, 1.54) is 17.1 Å². The molecule has 1 N–H and O–H groups in total. The molecule has 2 heterocycles. The molecule has 0 aliphatic carbocycles. The fraction of sp³-hybridized carbons (Fsp3) is 0.412. The summed E-state index contributed by atoms with van der Waals surface area (Å²) < 4.78 is 5.52. The number of aromatic nitrogens is 1. The van der Waals surface area contributed by atoms with Gasteiger partial charge in [0.15, 0.2) is 0 Å². The van der Waals surface area contributed by atoms with Crippen LogP contribution in [0.4, 0.5) is 5.13 Å². The number of nitrogens with one attached hydrogen (secondary N) is 1. The maximum atomic E-state index is 5.52. The number of benzene rings is 1. The number of hydrazone groups is 1. The predicted octanol–water partition coefficient (Wildman–Crippen LogP) is 3.45. The van der Waals surface area contributed by atoms with Crippen LogP contribution in [0.25, 0.3) is 0 Å². The van der Waals surface area contributed by atoms with Crippen molar-refractivity contribution in [3.05, 3.63) is 40.4 Å². The molecule has 0 amide bonds. The third-order valence-corrected chi connectivity index (χ3v) is 5.60. The monoisotopic (exact) mass is 362 g/mol. The molecule has 0 radical (unpaired) electrons. The summed E-state index contributed by atoms with van der Waals surface area (Å²) in [7, 11) is 1.73. The van der Waals surface area contributed by atoms with E-state index in [0.29, 0.717) is 0 Å². The average molecular weight is 363 g/mol. The Morgan fingerprint density at radius 1 is 1.38 bits per heavy atom. The van der Waals surface area contributed by atoms with Gasteiger partial charge in [0.2, 0.25) is 5.13 Å². The summed E-state index contributed by atoms with van der Waals surface area (Å²) in [5, 5.41) is 7.09. The first kappa shape index (κ1) is 17.3. The van der Waals surface area contributed by atoms with E-state index in [1.54, 1.807) is 18.4 Å². The van der Waals surface area contributed by atoms with Crippen LogP contribution in [0.5, 0.6) is 5.75 Å². The lowest BCUT2D eigenvalue weighted by Crippen LogP contribution is -2.32. The zero-order chi connectivity index (χ0) is 16.8. The Bertz CT molecular complexity index is 696. The van der Waals surface area contributed by atoms with Crippen LogP contribution in [0.15, 0.2) is 28.7 Å². The van der Waals surface area contributed by atoms with Crippen LogP contribution >= 0.6 is 23.1 Å². The number of thioether (sulfide) groups is 1. The third kappa shape index (κ3) is 4.72. The van der Waals surface area contributed by atoms with Gasteiger partial charge < -0.3 is 4.74 Å². The molecule has 2 aromatic rings. The van der Waals surface area contributed by atoms with Gasteiger partial charge in [-0.1, -0.05) is 0 Å². The van der Waals surface area contributed by atoms with E-state index in [9.17, 15) is 0 Å². The summed E-state index contributed by atoms with van der Waals surface area (Å²) in [5.74, 6) is 3.36. The van der Waals surface area contributed by atoms with E-state index in [4.69, 9.17) is 4.74 Å². The van der Waals surface area contributed by atoms with Gasteiger partial charge in [0.1, 0.15) is 5.75 Å². The third-order valence-electron chi connectivity index (χ3n) is 3.79. The number of thiazole rings is 1. The highest BCUT2D eigenvalue weighted by Crippen LogP contribution is 2.23. The van der Waals surface area contributed by atoms with Crippen LogP contribution in [0.3, 0.4) is 0 Å². The standard InChI is InChI=1S/C17H22N4OS2/c1-13-12-24-17(19-13)20-18-10-14-3-4-16(22-2)15(9-14)11-21-5-7-23-8-6-21/h3-4,9-10,12H,5-8,11H2,1-2H3,(H,19,20). The van der Waals surface area contributed by atoms with Gasteiger partial charge in [0.05, 0.1) is 19.0 Å². The van der Waals surface area contributed by atoms with Gasteiger partial charge >= 0.3 is 0 Å². The van der Waals surface area contributed by atoms with Gasteiger partial charge in [-0.3, -0.25) is 10.3 Å². The summed E-state index contributed by atoms with van der Waals surface area (Å²) in [6, 6.07) is 6.19. The lowest BCUT2D eigenvalue weighted by Gasteiger charge is -2.26. The highest BCUT2D eigenvalue weighted by Gasteiger charge is 2.13. The van der Waals surface area contributed by atoms with Gasteiger partial charge in [0.25, 0.3) is 0 Å². The van der Waals surface area contributed by atoms with Crippen LogP contribution in [0, 0.1) is 6.92 Å². The predicted molar refractivity (Wildman–Crippen MR) is 104 cm³/mol. The molecule has 1 aliphatic heterocycles. The number of methoxy groups -OCH3 is 1. The molecule has 128 valence electrons. The maximum Gasteiger partial charge on any atom is 0.203 e. The minimum atomic E-state index is 0.809. The Hall–Kier alpha value is -1.57. The van der Waals surface area contributed by atoms with Crippen LogP contribution in [-0.2, 0) is 6.54 Å². The molecular formula is C17H22N4OS2. The second kappa shape index (κ2) is 8.50. The molecule has 0 spiro atoms. The second-order valence-corrected chi connectivity index (χ2v) is 7.71. The quantitative estimate of drug-likeness (QED) is 0.630. The number of rotatable bonds is 6. The fourth-order valence-corrected chi connectivity index (χ4v) is 4.19. The van der Waals surface area contributed by atoms with E-state index in [2.05, 4.69) is 26.5 Å². The molecule has 24 heavy (non-hydrogen) atoms. The molecule has 0 saturated carbocycles. The van der Waals surface area contributed by atoms with Crippen molar-refractivity contribution in [2.45, 2.75) is 13.5 Å². The lowest BCUT2D eigenvalue weighted by atomic mass is 10.1. The first-order valence-electron chi connectivity index (χ1n) is 7.93. The van der Waals surface area contributed by atoms with Crippen molar-refractivity contribution < 1.29 is 4.74 Å². The molecular weight excluding hydrogens is 340 g/mol. The molecule has 1 aromatic heterocycles. The summed E-state index contributed by atoms with van der Waals surface area (Å²) in [6.45, 7) is 5.17. The van der Waals surface area contributed by atoms with Crippen molar-refractivity contribution in [1.29, 1.82) is 0 Å². The Morgan fingerprint density at radius 2 is 2.21 bits per heavy atom. The van der Waals surface area contributed by atoms with Crippen molar-refractivity contribution >= 4 is 34.4 Å². The van der Waals surface area contributed by atoms with E-state index in [0.717, 1.165) is 41.8 Å². The van der Waals surface area contributed by atoms with Crippen LogP contribution in [-0.4, -0.2) is 47.8 Å². The summed E-state index contributed by atoms with van der Waals surface area (Å²) in [5.41, 5.74) is 6.24. The molecule has 1 fully saturated rings. The summed E-state index contributed by atoms with van der Waals surface area (Å²) in [6.07, 6.45) is 1.83. The molecule has 5 nitrogen and oxygen atoms in total. The minimum Gasteiger partial charge on any atom is -0.496 e. The van der Waals surface area contributed by atoms with E-state index in [1.807, 2.05) is 42.4 Å². The summed E-state index contributed by atoms with van der Waals surface area (Å²) >= 11 is 3.58. The molecule has 1 aliphatic rings. The van der Waals surface area contributed by atoms with Crippen molar-refractivity contribution in [3.63, 3.8) is 0 Å². The first-order valence-corrected chi connectivity index (χ1v) is 9.96. The van der Waals surface area contributed by atoms with Crippen molar-refractivity contribution in [2.24, 2.45) is 5.10 Å². The van der Waals surface area contributed by atoms with Crippen molar-refractivity contribution in [3.8, 4) is 5.75 Å². The number of hydrogen-bond acceptors (Lipinski definition) is 7. The number of aryl methyl sites for hydroxylation is 1. The van der Waals surface area contributed by atoms with E-state index >= 15 is 0 Å². The van der Waals surface area contributed by atoms with Gasteiger partial charge in [-0.2, -0.15) is 16.9 Å². The zero-order valence-corrected chi connectivity index (χ0v) is 15.6. The fourth-order valence-electron chi connectivity index (χ4n) is 2.57. The van der Waals surface area contributed by atoms with Gasteiger partial charge in [0, 0.05) is 42.1 Å². The van der Waals surface area contributed by atoms with E-state index in [-0.39, 0.29) is 0 Å². The van der Waals surface area contributed by atoms with Crippen molar-refractivity contribution in [2.75, 3.05) is 37.1 Å². The normalized spacial score (nSPS) is 15.8. The minimum absolute atomic E-state index is 0.809. The van der Waals surface area contributed by atoms with E-state index < -0.39 is 0 Å². The topological polar surface area (TPSA) is 49.8 Å². The first-order chi connectivity index (χ1) is 11.7. The number of nitrogens with zero attached hydrogens (tertiary/aromatic N) is 3. The largest absolute Gasteiger partial charge is 0.496 e. The highest BCUT2D eigenvalue weighted by molar-refractivity contribution is 7.99. The molecule has 7 heteroatoms. The number of anilines is 1. The van der Waals surface area contributed by atoms with Gasteiger partial charge in [-0.25, -0.2) is 4.98 Å². The Morgan fingerprint density at radius 3 is 2.92 bits per heavy atom. The van der Waals surface area contributed by atoms with Crippen molar-refractivity contribution in [1.82, 2.24) is 9.88 Å². The number of ether oxygens (including phenoxy) is 1. The highest BCUT2D eigenvalue weighted by atomic mass is 32.2. The Kier molecular flexibility index (Phi) is 6.12. The SMILES string of the molecule is COc1ccc(C=NNc2nc(C)cs2)cc1CN1CCSCC1. The molecule has 0 atom stereocenters. The summed E-state index contributed by atoms with van der Waals surface area (Å²) in [4.78, 5) is 6.81. The average Bonchev–Trinajstić information content (AvgIpc) is 3.01.